The summed E-state index contributed by atoms with van der Waals surface area (Å²) in [4.78, 5) is 33.7. The zero-order valence-electron chi connectivity index (χ0n) is 12.5. The Hall–Kier alpha value is -1.63. The van der Waals surface area contributed by atoms with Crippen molar-refractivity contribution in [2.24, 2.45) is 0 Å². The minimum Gasteiger partial charge on any atom is -0.456 e. The van der Waals surface area contributed by atoms with Gasteiger partial charge in [0.25, 0.3) is 0 Å². The molecule has 0 N–H and O–H groups in total. The molecule has 21 heavy (non-hydrogen) atoms. The van der Waals surface area contributed by atoms with Crippen molar-refractivity contribution in [1.29, 1.82) is 0 Å². The summed E-state index contributed by atoms with van der Waals surface area (Å²) in [5.74, 6) is -1.61. The summed E-state index contributed by atoms with van der Waals surface area (Å²) in [6, 6.07) is 0. The highest BCUT2D eigenvalue weighted by Gasteiger charge is 2.46. The lowest BCUT2D eigenvalue weighted by atomic mass is 9.96. The largest absolute Gasteiger partial charge is 0.456 e. The van der Waals surface area contributed by atoms with Crippen molar-refractivity contribution in [3.63, 3.8) is 0 Å². The number of carbonyl (C=O) groups excluding carboxylic acids is 3. The molecular formula is C14H21O7. The maximum Gasteiger partial charge on any atom is 0.303 e. The van der Waals surface area contributed by atoms with E-state index in [2.05, 4.69) is 6.92 Å². The molecule has 0 saturated carbocycles. The van der Waals surface area contributed by atoms with E-state index in [1.807, 2.05) is 0 Å². The van der Waals surface area contributed by atoms with Crippen LogP contribution in [0.4, 0.5) is 0 Å². The van der Waals surface area contributed by atoms with Gasteiger partial charge in [0.15, 0.2) is 18.3 Å². The molecular weight excluding hydrogens is 280 g/mol. The summed E-state index contributed by atoms with van der Waals surface area (Å²) in [6.07, 6.45) is -1.89. The summed E-state index contributed by atoms with van der Waals surface area (Å²) >= 11 is 0. The van der Waals surface area contributed by atoms with Crippen molar-refractivity contribution in [3.05, 3.63) is 6.92 Å². The zero-order valence-corrected chi connectivity index (χ0v) is 12.5. The smallest absolute Gasteiger partial charge is 0.303 e. The fourth-order valence-electron chi connectivity index (χ4n) is 2.26. The van der Waals surface area contributed by atoms with Crippen LogP contribution in [-0.4, -0.2) is 48.9 Å². The summed E-state index contributed by atoms with van der Waals surface area (Å²) in [5, 5.41) is 0. The molecule has 0 aliphatic carbocycles. The van der Waals surface area contributed by atoms with Gasteiger partial charge in [0.1, 0.15) is 0 Å². The molecule has 0 aromatic rings. The third kappa shape index (κ3) is 5.34. The third-order valence-corrected chi connectivity index (χ3v) is 2.94. The van der Waals surface area contributed by atoms with Crippen LogP contribution in [0.3, 0.4) is 0 Å². The van der Waals surface area contributed by atoms with Gasteiger partial charge in [0.2, 0.25) is 0 Å². The van der Waals surface area contributed by atoms with Gasteiger partial charge in [-0.25, -0.2) is 0 Å². The van der Waals surface area contributed by atoms with Gasteiger partial charge in [0, 0.05) is 20.8 Å². The Kier molecular flexibility index (Phi) is 6.61. The van der Waals surface area contributed by atoms with E-state index in [1.54, 1.807) is 0 Å². The van der Waals surface area contributed by atoms with Gasteiger partial charge in [-0.1, -0.05) is 13.3 Å². The number of ether oxygens (including phenoxy) is 4. The predicted molar refractivity (Wildman–Crippen MR) is 71.0 cm³/mol. The summed E-state index contributed by atoms with van der Waals surface area (Å²) in [7, 11) is 0. The summed E-state index contributed by atoms with van der Waals surface area (Å²) in [5.41, 5.74) is 0. The first-order valence-corrected chi connectivity index (χ1v) is 6.77. The molecule has 0 bridgehead atoms. The Labute approximate surface area is 123 Å². The minimum atomic E-state index is -0.888. The van der Waals surface area contributed by atoms with Crippen molar-refractivity contribution in [2.45, 2.75) is 58.0 Å². The number of esters is 3. The number of hydrogen-bond donors (Lipinski definition) is 0. The lowest BCUT2D eigenvalue weighted by molar-refractivity contribution is -0.226. The molecule has 1 aliphatic rings. The second kappa shape index (κ2) is 7.97. The van der Waals surface area contributed by atoms with Crippen LogP contribution in [0.2, 0.25) is 0 Å². The van der Waals surface area contributed by atoms with Gasteiger partial charge >= 0.3 is 17.9 Å². The molecule has 0 amide bonds. The van der Waals surface area contributed by atoms with Gasteiger partial charge in [-0.2, -0.15) is 0 Å². The standard InChI is InChI=1S/C14H21O7/c1-5-6-11-13(20-9(3)16)14(21-10(4)17)12(7-18-11)19-8(2)15/h11-14H,1,5-7H2,2-4H3/t11-,12+,13+,14+/m0/s1. The molecule has 0 aromatic carbocycles. The Morgan fingerprint density at radius 3 is 2.00 bits per heavy atom. The van der Waals surface area contributed by atoms with Gasteiger partial charge < -0.3 is 18.9 Å². The summed E-state index contributed by atoms with van der Waals surface area (Å²) < 4.78 is 21.1. The molecule has 1 radical (unpaired) electrons. The first-order chi connectivity index (χ1) is 9.85. The lowest BCUT2D eigenvalue weighted by Crippen LogP contribution is -2.57. The zero-order chi connectivity index (χ0) is 16.0. The molecule has 4 atom stereocenters. The van der Waals surface area contributed by atoms with Crippen LogP contribution in [-0.2, 0) is 33.3 Å². The van der Waals surface area contributed by atoms with E-state index in [-0.39, 0.29) is 6.61 Å². The monoisotopic (exact) mass is 301 g/mol. The van der Waals surface area contributed by atoms with Gasteiger partial charge in [0.05, 0.1) is 12.7 Å². The average molecular weight is 301 g/mol. The van der Waals surface area contributed by atoms with Crippen LogP contribution >= 0.6 is 0 Å². The van der Waals surface area contributed by atoms with Crippen LogP contribution in [0.5, 0.6) is 0 Å². The Balaban J connectivity index is 2.97. The molecule has 1 fully saturated rings. The van der Waals surface area contributed by atoms with E-state index in [0.717, 1.165) is 0 Å². The van der Waals surface area contributed by atoms with Crippen molar-refractivity contribution in [1.82, 2.24) is 0 Å². The van der Waals surface area contributed by atoms with E-state index in [9.17, 15) is 14.4 Å². The first-order valence-electron chi connectivity index (χ1n) is 6.77. The van der Waals surface area contributed by atoms with Crippen LogP contribution in [0.15, 0.2) is 0 Å². The van der Waals surface area contributed by atoms with Crippen molar-refractivity contribution in [2.75, 3.05) is 6.61 Å². The van der Waals surface area contributed by atoms with E-state index >= 15 is 0 Å². The van der Waals surface area contributed by atoms with Crippen LogP contribution in [0.25, 0.3) is 0 Å². The predicted octanol–water partition coefficient (Wildman–Crippen LogP) is 0.795. The number of carbonyl (C=O) groups is 3. The van der Waals surface area contributed by atoms with Gasteiger partial charge in [-0.3, -0.25) is 14.4 Å². The van der Waals surface area contributed by atoms with Crippen molar-refractivity contribution < 1.29 is 33.3 Å². The van der Waals surface area contributed by atoms with E-state index in [1.165, 1.54) is 20.8 Å². The Morgan fingerprint density at radius 2 is 1.52 bits per heavy atom. The van der Waals surface area contributed by atoms with E-state index < -0.39 is 42.3 Å². The third-order valence-electron chi connectivity index (χ3n) is 2.94. The molecule has 7 nitrogen and oxygen atoms in total. The average Bonchev–Trinajstić information content (AvgIpc) is 2.35. The molecule has 1 heterocycles. The summed E-state index contributed by atoms with van der Waals surface area (Å²) in [6.45, 7) is 7.54. The van der Waals surface area contributed by atoms with Crippen LogP contribution in [0, 0.1) is 6.92 Å². The first kappa shape index (κ1) is 17.4. The fourth-order valence-corrected chi connectivity index (χ4v) is 2.26. The normalized spacial score (nSPS) is 28.6. The molecule has 7 heteroatoms. The SMILES string of the molecule is [CH2]CC[C@@H]1OC[C@@H](OC(C)=O)[C@@H](OC(C)=O)[C@@H]1OC(C)=O. The maximum atomic E-state index is 11.3. The highest BCUT2D eigenvalue weighted by molar-refractivity contribution is 5.68. The van der Waals surface area contributed by atoms with Crippen LogP contribution in [0.1, 0.15) is 33.6 Å². The van der Waals surface area contributed by atoms with Gasteiger partial charge in [-0.05, 0) is 6.42 Å². The highest BCUT2D eigenvalue weighted by atomic mass is 16.6. The second-order valence-electron chi connectivity index (χ2n) is 4.81. The van der Waals surface area contributed by atoms with E-state index in [4.69, 9.17) is 18.9 Å². The molecule has 0 spiro atoms. The maximum absolute atomic E-state index is 11.3. The quantitative estimate of drug-likeness (QED) is 0.548. The van der Waals surface area contributed by atoms with Crippen LogP contribution < -0.4 is 0 Å². The minimum absolute atomic E-state index is 0.0694. The fraction of sp³-hybridized carbons (Fsp3) is 0.714. The number of rotatable bonds is 5. The Morgan fingerprint density at radius 1 is 1.00 bits per heavy atom. The van der Waals surface area contributed by atoms with Crippen molar-refractivity contribution >= 4 is 17.9 Å². The van der Waals surface area contributed by atoms with E-state index in [0.29, 0.717) is 12.8 Å². The molecule has 1 saturated heterocycles. The molecule has 1 rings (SSSR count). The second-order valence-corrected chi connectivity index (χ2v) is 4.81. The molecule has 0 unspecified atom stereocenters. The number of hydrogen-bond acceptors (Lipinski definition) is 7. The highest BCUT2D eigenvalue weighted by Crippen LogP contribution is 2.26. The lowest BCUT2D eigenvalue weighted by Gasteiger charge is -2.40. The molecule has 0 aromatic heterocycles. The van der Waals surface area contributed by atoms with Crippen molar-refractivity contribution in [3.8, 4) is 0 Å². The molecule has 119 valence electrons. The Bertz CT molecular complexity index is 393. The van der Waals surface area contributed by atoms with Gasteiger partial charge in [-0.15, -0.1) is 0 Å². The molecule has 1 aliphatic heterocycles. The topological polar surface area (TPSA) is 88.1 Å².